The largest absolute Gasteiger partial charge is 0.508 e. The number of carbonyl (C=O) groups is 9. The lowest BCUT2D eigenvalue weighted by atomic mass is 9.85. The molecule has 736 valence electrons. The van der Waals surface area contributed by atoms with Crippen molar-refractivity contribution < 1.29 is 157 Å². The number of unbranched alkanes of at least 4 members (excludes halogenated alkanes) is 9. The van der Waals surface area contributed by atoms with Crippen molar-refractivity contribution in [3.63, 3.8) is 0 Å². The average Bonchev–Trinajstić information content (AvgIpc) is 0.761. The van der Waals surface area contributed by atoms with Gasteiger partial charge in [0, 0.05) is 62.4 Å². The predicted molar refractivity (Wildman–Crippen MR) is 484 cm³/mol. The summed E-state index contributed by atoms with van der Waals surface area (Å²) in [6.45, 7) is 3.21. The van der Waals surface area contributed by atoms with Crippen molar-refractivity contribution in [1.82, 2.24) is 31.9 Å². The molecule has 38 nitrogen and oxygen atoms in total. The molecule has 0 aromatic heterocycles. The van der Waals surface area contributed by atoms with Crippen LogP contribution in [0.2, 0.25) is 10.0 Å². The van der Waals surface area contributed by atoms with Crippen molar-refractivity contribution >= 4 is 76.2 Å². The van der Waals surface area contributed by atoms with Gasteiger partial charge in [-0.2, -0.15) is 0 Å². The smallest absolute Gasteiger partial charge is 0.305 e. The summed E-state index contributed by atoms with van der Waals surface area (Å²) in [7, 11) is 0. The number of fused-ring (bicyclic) bond motifs is 14. The standard InChI is InChI=1S/C97H112Cl2N6O32/c1-5-7-9-11-13-14-16-75(115)103-80-86(121)84(119)74(43-128-76(116)17-15-12-10-8-6-2)135-96(80)137-90-70-34-51-35-71(90)131-67-25-21-49(32-60(67)99)89(136-95-79(101-45(4)108)85(120)82(117)72(41-106)133-95)81-94(127)100-40-52-29-54(110)37-69(132-97-88(123)87(122)83(118)73(42-107)134-97)77(52)58-31-48(20-22-62(58)111)56(92(125)105-81)39-65(114)78(51)104-93(126)57-38-64(113)61(27-46-18-24-66(130-70)59(98)26-46)102-91(124)44(3)47-19-23-63(112)68(33-47)129-55-30-50(57)28-53(109)36-55/h18-26,28-37,44,56-57,61,72-74,78-89,95-97,106-107,109-112,117-123H,5-17,27,38-43H2,1-4H3,(H,100,127)(H,101,108)(H,102,124)(H,103,115)(H,104,126)(H,105,125)/t44-,56-,57+,61-,72?,73?,74?,78-,79?,80?,81+,82-,83-,84-,85-,86-,87?,88-,89-,95+,96+,97+/m1/s1. The van der Waals surface area contributed by atoms with Crippen LogP contribution in [0, 0.1) is 0 Å². The van der Waals surface area contributed by atoms with Crippen LogP contribution in [0.15, 0.2) is 115 Å². The minimum Gasteiger partial charge on any atom is -0.508 e. The maximum absolute atomic E-state index is 17.3. The van der Waals surface area contributed by atoms with E-state index in [9.17, 15) is 85.6 Å². The molecule has 22 atom stereocenters. The highest BCUT2D eigenvalue weighted by molar-refractivity contribution is 6.32. The summed E-state index contributed by atoms with van der Waals surface area (Å²) in [5, 5.41) is 165. The molecule has 0 radical (unpaired) electrons. The Hall–Kier alpha value is -11.6. The van der Waals surface area contributed by atoms with Gasteiger partial charge in [0.15, 0.2) is 40.9 Å². The highest BCUT2D eigenvalue weighted by Crippen LogP contribution is 2.51. The third-order valence-corrected chi connectivity index (χ3v) is 26.0. The number of ether oxygens (including phenoxy) is 10. The Bertz CT molecular complexity index is 5610. The Morgan fingerprint density at radius 2 is 1.07 bits per heavy atom. The summed E-state index contributed by atoms with van der Waals surface area (Å²) in [6.07, 6.45) is -21.5. The number of carbonyl (C=O) groups excluding carboxylic acids is 9. The molecule has 16 rings (SSSR count). The van der Waals surface area contributed by atoms with Crippen LogP contribution in [0.5, 0.6) is 69.0 Å². The van der Waals surface area contributed by atoms with Gasteiger partial charge in [-0.15, -0.1) is 0 Å². The van der Waals surface area contributed by atoms with Gasteiger partial charge >= 0.3 is 5.97 Å². The van der Waals surface area contributed by atoms with E-state index in [1.165, 1.54) is 73.7 Å². The first kappa shape index (κ1) is 101. The fourth-order valence-electron chi connectivity index (χ4n) is 17.8. The summed E-state index contributed by atoms with van der Waals surface area (Å²) >= 11 is 15.0. The van der Waals surface area contributed by atoms with E-state index in [1.54, 1.807) is 0 Å². The molecular formula is C97H112Cl2N6O32. The zero-order chi connectivity index (χ0) is 98.1. The molecule has 7 aromatic rings. The number of aliphatic hydroxyl groups is 9. The number of benzene rings is 7. The van der Waals surface area contributed by atoms with Gasteiger partial charge in [0.05, 0.1) is 47.1 Å². The predicted octanol–water partition coefficient (Wildman–Crippen LogP) is 6.93. The van der Waals surface area contributed by atoms with Gasteiger partial charge < -0.3 is 146 Å². The van der Waals surface area contributed by atoms with E-state index in [-0.39, 0.29) is 80.5 Å². The van der Waals surface area contributed by atoms with Crippen molar-refractivity contribution in [1.29, 1.82) is 0 Å². The number of Topliss-reactive ketones (excluding diaryl/α,β-unsaturated/α-hetero) is 2. The van der Waals surface area contributed by atoms with Crippen molar-refractivity contribution in [2.24, 2.45) is 0 Å². The zero-order valence-electron chi connectivity index (χ0n) is 75.1. The van der Waals surface area contributed by atoms with Crippen LogP contribution >= 0.6 is 23.2 Å². The summed E-state index contributed by atoms with van der Waals surface area (Å²) < 4.78 is 64.6. The molecule has 9 aliphatic heterocycles. The van der Waals surface area contributed by atoms with Gasteiger partial charge in [-0.05, 0) is 144 Å². The van der Waals surface area contributed by atoms with Crippen LogP contribution in [0.4, 0.5) is 0 Å². The molecule has 3 saturated heterocycles. The van der Waals surface area contributed by atoms with E-state index in [0.29, 0.717) is 31.2 Å². The third-order valence-electron chi connectivity index (χ3n) is 25.4. The van der Waals surface area contributed by atoms with Crippen LogP contribution in [-0.2, 0) is 79.8 Å². The lowest BCUT2D eigenvalue weighted by Crippen LogP contribution is -2.65. The van der Waals surface area contributed by atoms with E-state index in [1.807, 2.05) is 6.92 Å². The van der Waals surface area contributed by atoms with Gasteiger partial charge in [-0.1, -0.05) is 119 Å². The second kappa shape index (κ2) is 44.9. The monoisotopic (exact) mass is 1940 g/mol. The molecule has 0 saturated carbocycles. The third kappa shape index (κ3) is 23.5. The highest BCUT2D eigenvalue weighted by atomic mass is 35.5. The number of rotatable bonds is 25. The molecule has 40 heteroatoms. The number of hydrogen-bond acceptors (Lipinski definition) is 32. The number of nitrogens with one attached hydrogen (secondary N) is 6. The molecule has 0 aliphatic carbocycles. The zero-order valence-corrected chi connectivity index (χ0v) is 76.7. The summed E-state index contributed by atoms with van der Waals surface area (Å²) in [5.74, 6) is -19.6. The average molecular weight is 1940 g/mol. The Morgan fingerprint density at radius 1 is 0.489 bits per heavy atom. The Kier molecular flexibility index (Phi) is 33.2. The summed E-state index contributed by atoms with van der Waals surface area (Å²) in [6, 6.07) is 13.4. The van der Waals surface area contributed by atoms with Gasteiger partial charge in [-0.3, -0.25) is 43.2 Å². The second-order valence-corrected chi connectivity index (χ2v) is 36.1. The van der Waals surface area contributed by atoms with Crippen molar-refractivity contribution in [2.45, 2.75) is 271 Å². The van der Waals surface area contributed by atoms with Gasteiger partial charge in [0.2, 0.25) is 53.8 Å². The van der Waals surface area contributed by atoms with E-state index in [4.69, 9.17) is 70.6 Å². The van der Waals surface area contributed by atoms with Crippen LogP contribution in [0.25, 0.3) is 11.1 Å². The summed E-state index contributed by atoms with van der Waals surface area (Å²) in [4.78, 5) is 139. The van der Waals surface area contributed by atoms with Crippen molar-refractivity contribution in [2.75, 3.05) is 19.8 Å². The number of aromatic hydroxyl groups is 4. The Morgan fingerprint density at radius 3 is 1.75 bits per heavy atom. The number of phenols is 4. The van der Waals surface area contributed by atoms with Crippen molar-refractivity contribution in [3.8, 4) is 80.1 Å². The van der Waals surface area contributed by atoms with Gasteiger partial charge in [-0.25, -0.2) is 0 Å². The Labute approximate surface area is 796 Å². The number of phenolic OH excluding ortho intramolecular Hbond substituents is 4. The minimum absolute atomic E-state index is 0.0413. The first-order valence-corrected chi connectivity index (χ1v) is 46.4. The van der Waals surface area contributed by atoms with Crippen LogP contribution < -0.4 is 55.6 Å². The number of ketones is 2. The van der Waals surface area contributed by atoms with Crippen LogP contribution in [0.3, 0.4) is 0 Å². The number of amides is 6. The van der Waals surface area contributed by atoms with E-state index in [0.717, 1.165) is 100 Å². The lowest BCUT2D eigenvalue weighted by molar-refractivity contribution is -0.284. The SMILES string of the molecule is CCCCCCCCC(=O)NC1[C@H](Oc2c3cc4cc2Oc2ccc(cc2Cl)[C@@H](O[C@@H]2OC(CO)[C@@H](O)[C@H](O)C2NC(C)=O)[C@@H]2NC(=O)[C@H](CC(=O)[C@@H]4NC(=O)[C@H]4CC(=O)[C@@H](Cc5ccc(c(Cl)c5)O3)NC(=O)[C@H](C)c3ccc(O)c(c3)Oc3cc(O)cc4c3)c3ccc(O)c(c3)-c3c(cc(O)cc3O[C@H]3OC(CO)[C@@H](O)C(O)[C@H]3O)CNC2=O)OC(COC(=O)CCCCCCC)[C@@H](O)[C@@H]1O. The maximum Gasteiger partial charge on any atom is 0.305 e. The maximum atomic E-state index is 17.3. The fraction of sp³-hybridized carbons (Fsp3) is 0.474. The van der Waals surface area contributed by atoms with E-state index >= 15 is 24.0 Å². The molecular weight excluding hydrogens is 1830 g/mol. The minimum atomic E-state index is -2.30. The molecule has 137 heavy (non-hydrogen) atoms. The number of halogens is 2. The molecule has 19 N–H and O–H groups in total. The van der Waals surface area contributed by atoms with E-state index < -0.39 is 288 Å². The lowest BCUT2D eigenvalue weighted by Gasteiger charge is -2.44. The molecule has 9 heterocycles. The normalized spacial score (nSPS) is 27.8. The first-order valence-electron chi connectivity index (χ1n) is 45.6. The first-order chi connectivity index (χ1) is 65.6. The second-order valence-electron chi connectivity index (χ2n) is 35.3. The summed E-state index contributed by atoms with van der Waals surface area (Å²) in [5.41, 5.74) is -1.34. The topological polar surface area (TPSA) is 581 Å². The molecule has 17 bridgehead atoms. The quantitative estimate of drug-likeness (QED) is 0.0203. The van der Waals surface area contributed by atoms with Crippen LogP contribution in [0.1, 0.15) is 193 Å². The number of aliphatic hydroxyl groups excluding tert-OH is 9. The van der Waals surface area contributed by atoms with Gasteiger partial charge in [0.25, 0.3) is 0 Å². The number of esters is 1. The highest BCUT2D eigenvalue weighted by Gasteiger charge is 2.52. The fourth-order valence-corrected chi connectivity index (χ4v) is 18.3. The molecule has 6 amide bonds. The number of hydrogen-bond donors (Lipinski definition) is 19. The van der Waals surface area contributed by atoms with E-state index in [2.05, 4.69) is 38.8 Å². The van der Waals surface area contributed by atoms with Crippen molar-refractivity contribution in [3.05, 3.63) is 164 Å². The molecule has 0 spiro atoms. The molecule has 3 fully saturated rings. The van der Waals surface area contributed by atoms with Gasteiger partial charge in [0.1, 0.15) is 138 Å². The Balaban J connectivity index is 1.02. The molecule has 6 unspecified atom stereocenters. The molecule has 9 aliphatic rings. The van der Waals surface area contributed by atoms with Crippen LogP contribution in [-0.4, -0.2) is 243 Å². The molecule has 7 aromatic carbocycles.